The minimum Gasteiger partial charge on any atom is -0.508 e. The Bertz CT molecular complexity index is 531. The first kappa shape index (κ1) is 13.6. The van der Waals surface area contributed by atoms with Gasteiger partial charge >= 0.3 is 0 Å². The molecule has 2 aromatic rings. The van der Waals surface area contributed by atoms with E-state index in [0.717, 1.165) is 19.5 Å². The zero-order valence-electron chi connectivity index (χ0n) is 11.6. The molecular weight excluding hydrogens is 234 g/mol. The molecule has 0 aromatic heterocycles. The fraction of sp³-hybridized carbons (Fsp3) is 0.294. The molecule has 0 radical (unpaired) electrons. The maximum atomic E-state index is 9.22. The van der Waals surface area contributed by atoms with Gasteiger partial charge in [-0.15, -0.1) is 0 Å². The molecule has 0 saturated carbocycles. The average Bonchev–Trinajstić information content (AvgIpc) is 2.40. The molecule has 0 aliphatic rings. The van der Waals surface area contributed by atoms with E-state index in [9.17, 15) is 5.11 Å². The van der Waals surface area contributed by atoms with Crippen LogP contribution in [0.1, 0.15) is 22.3 Å². The van der Waals surface area contributed by atoms with Crippen LogP contribution < -0.4 is 5.32 Å². The van der Waals surface area contributed by atoms with Crippen LogP contribution >= 0.6 is 0 Å². The van der Waals surface area contributed by atoms with Gasteiger partial charge in [-0.05, 0) is 55.6 Å². The van der Waals surface area contributed by atoms with Crippen molar-refractivity contribution in [3.05, 3.63) is 64.7 Å². The Morgan fingerprint density at radius 2 is 1.74 bits per heavy atom. The Kier molecular flexibility index (Phi) is 4.58. The van der Waals surface area contributed by atoms with Gasteiger partial charge in [0.05, 0.1) is 0 Å². The van der Waals surface area contributed by atoms with Crippen molar-refractivity contribution in [3.63, 3.8) is 0 Å². The number of rotatable bonds is 5. The van der Waals surface area contributed by atoms with Crippen LogP contribution in [0.25, 0.3) is 0 Å². The number of aromatic hydroxyl groups is 1. The standard InChI is InChI=1S/C17H21NO/c1-13-3-4-14(2)16(11-13)12-18-10-9-15-5-7-17(19)8-6-15/h3-8,11,18-19H,9-10,12H2,1-2H3. The number of phenols is 1. The van der Waals surface area contributed by atoms with Gasteiger partial charge in [-0.3, -0.25) is 0 Å². The van der Waals surface area contributed by atoms with E-state index in [-0.39, 0.29) is 0 Å². The van der Waals surface area contributed by atoms with E-state index in [2.05, 4.69) is 37.4 Å². The van der Waals surface area contributed by atoms with Gasteiger partial charge in [0.25, 0.3) is 0 Å². The predicted molar refractivity (Wildman–Crippen MR) is 79.4 cm³/mol. The van der Waals surface area contributed by atoms with Crippen LogP contribution in [0.2, 0.25) is 0 Å². The van der Waals surface area contributed by atoms with Crippen LogP contribution in [-0.4, -0.2) is 11.7 Å². The molecule has 0 unspecified atom stereocenters. The van der Waals surface area contributed by atoms with Gasteiger partial charge in [-0.2, -0.15) is 0 Å². The van der Waals surface area contributed by atoms with Gasteiger partial charge < -0.3 is 10.4 Å². The first-order chi connectivity index (χ1) is 9.15. The van der Waals surface area contributed by atoms with Gasteiger partial charge in [0.1, 0.15) is 5.75 Å². The smallest absolute Gasteiger partial charge is 0.115 e. The van der Waals surface area contributed by atoms with Crippen molar-refractivity contribution in [2.75, 3.05) is 6.54 Å². The van der Waals surface area contributed by atoms with Crippen LogP contribution in [-0.2, 0) is 13.0 Å². The largest absolute Gasteiger partial charge is 0.508 e. The van der Waals surface area contributed by atoms with Gasteiger partial charge in [0, 0.05) is 6.54 Å². The summed E-state index contributed by atoms with van der Waals surface area (Å²) in [6.45, 7) is 6.12. The second-order valence-electron chi connectivity index (χ2n) is 5.02. The molecule has 0 bridgehead atoms. The van der Waals surface area contributed by atoms with Crippen molar-refractivity contribution < 1.29 is 5.11 Å². The number of hydrogen-bond donors (Lipinski definition) is 2. The molecular formula is C17H21NO. The van der Waals surface area contributed by atoms with E-state index < -0.39 is 0 Å². The summed E-state index contributed by atoms with van der Waals surface area (Å²) in [5.41, 5.74) is 5.25. The lowest BCUT2D eigenvalue weighted by atomic mass is 10.1. The topological polar surface area (TPSA) is 32.3 Å². The third-order valence-electron chi connectivity index (χ3n) is 3.35. The van der Waals surface area contributed by atoms with Gasteiger partial charge in [-0.1, -0.05) is 35.9 Å². The van der Waals surface area contributed by atoms with E-state index in [1.54, 1.807) is 12.1 Å². The van der Waals surface area contributed by atoms with E-state index in [1.165, 1.54) is 22.3 Å². The lowest BCUT2D eigenvalue weighted by Crippen LogP contribution is -2.17. The predicted octanol–water partition coefficient (Wildman–Crippen LogP) is 3.34. The molecule has 0 spiro atoms. The Balaban J connectivity index is 1.80. The minimum atomic E-state index is 0.326. The molecule has 0 aliphatic carbocycles. The van der Waals surface area contributed by atoms with Gasteiger partial charge in [0.2, 0.25) is 0 Å². The Labute approximate surface area is 115 Å². The molecule has 2 rings (SSSR count). The highest BCUT2D eigenvalue weighted by Crippen LogP contribution is 2.11. The quantitative estimate of drug-likeness (QED) is 0.803. The Hall–Kier alpha value is -1.80. The van der Waals surface area contributed by atoms with E-state index in [4.69, 9.17) is 0 Å². The van der Waals surface area contributed by atoms with Crippen molar-refractivity contribution >= 4 is 0 Å². The van der Waals surface area contributed by atoms with Crippen LogP contribution in [0.5, 0.6) is 5.75 Å². The number of benzene rings is 2. The molecule has 2 heteroatoms. The third kappa shape index (κ3) is 4.11. The third-order valence-corrected chi connectivity index (χ3v) is 3.35. The summed E-state index contributed by atoms with van der Waals surface area (Å²) >= 11 is 0. The molecule has 0 aliphatic heterocycles. The fourth-order valence-corrected chi connectivity index (χ4v) is 2.11. The van der Waals surface area contributed by atoms with E-state index >= 15 is 0 Å². The van der Waals surface area contributed by atoms with Crippen molar-refractivity contribution in [2.45, 2.75) is 26.8 Å². The summed E-state index contributed by atoms with van der Waals surface area (Å²) in [4.78, 5) is 0. The molecule has 2 nitrogen and oxygen atoms in total. The summed E-state index contributed by atoms with van der Waals surface area (Å²) in [5.74, 6) is 0.326. The van der Waals surface area contributed by atoms with Gasteiger partial charge in [-0.25, -0.2) is 0 Å². The highest BCUT2D eigenvalue weighted by Gasteiger charge is 1.99. The summed E-state index contributed by atoms with van der Waals surface area (Å²) in [5, 5.41) is 12.7. The molecule has 0 atom stereocenters. The molecule has 0 fully saturated rings. The number of phenolic OH excluding ortho intramolecular Hbond substituents is 1. The minimum absolute atomic E-state index is 0.326. The van der Waals surface area contributed by atoms with Crippen LogP contribution in [0.4, 0.5) is 0 Å². The summed E-state index contributed by atoms with van der Waals surface area (Å²) in [6, 6.07) is 14.0. The second-order valence-corrected chi connectivity index (χ2v) is 5.02. The monoisotopic (exact) mass is 255 g/mol. The first-order valence-electron chi connectivity index (χ1n) is 6.70. The maximum Gasteiger partial charge on any atom is 0.115 e. The molecule has 2 aromatic carbocycles. The lowest BCUT2D eigenvalue weighted by molar-refractivity contribution is 0.475. The molecule has 100 valence electrons. The van der Waals surface area contributed by atoms with Crippen molar-refractivity contribution in [1.82, 2.24) is 5.32 Å². The van der Waals surface area contributed by atoms with Crippen molar-refractivity contribution in [1.29, 1.82) is 0 Å². The van der Waals surface area contributed by atoms with Crippen molar-refractivity contribution in [3.8, 4) is 5.75 Å². The van der Waals surface area contributed by atoms with E-state index in [1.807, 2.05) is 12.1 Å². The van der Waals surface area contributed by atoms with E-state index in [0.29, 0.717) is 5.75 Å². The molecule has 0 saturated heterocycles. The van der Waals surface area contributed by atoms with Crippen molar-refractivity contribution in [2.24, 2.45) is 0 Å². The SMILES string of the molecule is Cc1ccc(C)c(CNCCc2ccc(O)cc2)c1. The zero-order valence-corrected chi connectivity index (χ0v) is 11.6. The number of nitrogens with one attached hydrogen (secondary N) is 1. The second kappa shape index (κ2) is 6.39. The summed E-state index contributed by atoms with van der Waals surface area (Å²) in [7, 11) is 0. The van der Waals surface area contributed by atoms with Crippen LogP contribution in [0.15, 0.2) is 42.5 Å². The molecule has 0 amide bonds. The molecule has 0 heterocycles. The maximum absolute atomic E-state index is 9.22. The Morgan fingerprint density at radius 1 is 1.00 bits per heavy atom. The average molecular weight is 255 g/mol. The molecule has 19 heavy (non-hydrogen) atoms. The lowest BCUT2D eigenvalue weighted by Gasteiger charge is -2.09. The number of hydrogen-bond acceptors (Lipinski definition) is 2. The highest BCUT2D eigenvalue weighted by molar-refractivity contribution is 5.30. The number of aryl methyl sites for hydroxylation is 2. The van der Waals surface area contributed by atoms with Gasteiger partial charge in [0.15, 0.2) is 0 Å². The fourth-order valence-electron chi connectivity index (χ4n) is 2.11. The molecule has 2 N–H and O–H groups in total. The summed E-state index contributed by atoms with van der Waals surface area (Å²) in [6.07, 6.45) is 0.977. The van der Waals surface area contributed by atoms with Crippen LogP contribution in [0, 0.1) is 13.8 Å². The normalized spacial score (nSPS) is 10.6. The van der Waals surface area contributed by atoms with Crippen LogP contribution in [0.3, 0.4) is 0 Å². The highest BCUT2D eigenvalue weighted by atomic mass is 16.3. The summed E-state index contributed by atoms with van der Waals surface area (Å²) < 4.78 is 0. The zero-order chi connectivity index (χ0) is 13.7. The Morgan fingerprint density at radius 3 is 2.47 bits per heavy atom. The first-order valence-corrected chi connectivity index (χ1v) is 6.70.